The van der Waals surface area contributed by atoms with Gasteiger partial charge in [-0.2, -0.15) is 4.39 Å². The maximum Gasteiger partial charge on any atom is 0.201 e. The van der Waals surface area contributed by atoms with Crippen molar-refractivity contribution in [2.24, 2.45) is 5.92 Å². The Kier molecular flexibility index (Phi) is 5.67. The first-order valence-corrected chi connectivity index (χ1v) is 8.69. The molecule has 1 saturated heterocycles. The summed E-state index contributed by atoms with van der Waals surface area (Å²) < 4.78 is 53.8. The van der Waals surface area contributed by atoms with Crippen molar-refractivity contribution in [1.29, 1.82) is 0 Å². The van der Waals surface area contributed by atoms with Crippen LogP contribution >= 0.6 is 0 Å². The van der Waals surface area contributed by atoms with E-state index < -0.39 is 17.5 Å². The van der Waals surface area contributed by atoms with Crippen LogP contribution in [0.4, 0.5) is 13.2 Å². The summed E-state index contributed by atoms with van der Waals surface area (Å²) in [5, 5.41) is 0. The van der Waals surface area contributed by atoms with E-state index in [0.29, 0.717) is 18.1 Å². The van der Waals surface area contributed by atoms with Gasteiger partial charge in [0.2, 0.25) is 5.82 Å². The molecule has 26 heavy (non-hydrogen) atoms. The van der Waals surface area contributed by atoms with Crippen LogP contribution in [0.3, 0.4) is 0 Å². The molecular formula is C21H21F3O2. The molecule has 138 valence electrons. The fourth-order valence-electron chi connectivity index (χ4n) is 3.18. The van der Waals surface area contributed by atoms with Gasteiger partial charge >= 0.3 is 0 Å². The molecule has 2 nitrogen and oxygen atoms in total. The number of rotatable bonds is 5. The van der Waals surface area contributed by atoms with E-state index in [1.54, 1.807) is 13.0 Å². The summed E-state index contributed by atoms with van der Waals surface area (Å²) in [5.74, 6) is -2.71. The second-order valence-electron chi connectivity index (χ2n) is 6.31. The Labute approximate surface area is 151 Å². The third-order valence-corrected chi connectivity index (χ3v) is 4.65. The zero-order chi connectivity index (χ0) is 18.7. The maximum absolute atomic E-state index is 14.6. The van der Waals surface area contributed by atoms with Gasteiger partial charge in [-0.1, -0.05) is 18.2 Å². The maximum atomic E-state index is 14.6. The summed E-state index contributed by atoms with van der Waals surface area (Å²) in [4.78, 5) is 0. The van der Waals surface area contributed by atoms with Gasteiger partial charge in [0, 0.05) is 17.0 Å². The van der Waals surface area contributed by atoms with Gasteiger partial charge in [-0.05, 0) is 43.5 Å². The lowest BCUT2D eigenvalue weighted by atomic mass is 9.93. The topological polar surface area (TPSA) is 18.5 Å². The molecule has 1 aliphatic rings. The minimum atomic E-state index is -1.12. The van der Waals surface area contributed by atoms with Crippen molar-refractivity contribution in [3.8, 4) is 16.9 Å². The quantitative estimate of drug-likeness (QED) is 0.624. The average Bonchev–Trinajstić information content (AvgIpc) is 2.66. The van der Waals surface area contributed by atoms with Gasteiger partial charge in [-0.25, -0.2) is 8.78 Å². The Morgan fingerprint density at radius 1 is 1.12 bits per heavy atom. The van der Waals surface area contributed by atoms with E-state index in [-0.39, 0.29) is 29.6 Å². The average molecular weight is 362 g/mol. The number of halogens is 3. The lowest BCUT2D eigenvalue weighted by Crippen LogP contribution is -2.19. The van der Waals surface area contributed by atoms with Crippen molar-refractivity contribution in [3.63, 3.8) is 0 Å². The van der Waals surface area contributed by atoms with Crippen LogP contribution in [0.15, 0.2) is 43.0 Å². The van der Waals surface area contributed by atoms with Crippen molar-refractivity contribution in [2.75, 3.05) is 13.2 Å². The van der Waals surface area contributed by atoms with Crippen LogP contribution in [0.2, 0.25) is 0 Å². The predicted molar refractivity (Wildman–Crippen MR) is 94.5 cm³/mol. The summed E-state index contributed by atoms with van der Waals surface area (Å²) in [7, 11) is 0. The minimum Gasteiger partial charge on any atom is -0.491 e. The van der Waals surface area contributed by atoms with Crippen LogP contribution in [-0.2, 0) is 4.74 Å². The molecule has 0 saturated carbocycles. The number of hydrogen-bond donors (Lipinski definition) is 0. The van der Waals surface area contributed by atoms with Gasteiger partial charge in [0.15, 0.2) is 11.6 Å². The van der Waals surface area contributed by atoms with Crippen molar-refractivity contribution in [3.05, 3.63) is 66.0 Å². The number of hydrogen-bond acceptors (Lipinski definition) is 2. The Morgan fingerprint density at radius 2 is 1.88 bits per heavy atom. The van der Waals surface area contributed by atoms with Crippen LogP contribution in [-0.4, -0.2) is 13.2 Å². The van der Waals surface area contributed by atoms with Crippen LogP contribution < -0.4 is 4.74 Å². The van der Waals surface area contributed by atoms with Gasteiger partial charge in [0.1, 0.15) is 5.82 Å². The van der Waals surface area contributed by atoms with Crippen LogP contribution in [0.25, 0.3) is 11.1 Å². The van der Waals surface area contributed by atoms with E-state index >= 15 is 0 Å². The van der Waals surface area contributed by atoms with Gasteiger partial charge in [-0.15, -0.1) is 6.58 Å². The predicted octanol–water partition coefficient (Wildman–Crippen LogP) is 5.82. The third-order valence-electron chi connectivity index (χ3n) is 4.65. The molecule has 3 rings (SSSR count). The highest BCUT2D eigenvalue weighted by Gasteiger charge is 2.23. The number of ether oxygens (including phenoxy) is 2. The van der Waals surface area contributed by atoms with Crippen molar-refractivity contribution < 1.29 is 22.6 Å². The van der Waals surface area contributed by atoms with E-state index in [9.17, 15) is 13.2 Å². The fourth-order valence-corrected chi connectivity index (χ4v) is 3.18. The van der Waals surface area contributed by atoms with Crippen LogP contribution in [0.1, 0.15) is 31.4 Å². The summed E-state index contributed by atoms with van der Waals surface area (Å²) in [6, 6.07) is 7.14. The Balaban J connectivity index is 1.87. The SMILES string of the molecule is C=CC1CCC(c2ccc(-c3ccc(OCC)c(F)c3F)c(F)c2)OC1. The normalized spacial score (nSPS) is 20.0. The second kappa shape index (κ2) is 7.96. The molecule has 2 aromatic carbocycles. The first-order chi connectivity index (χ1) is 12.5. The minimum absolute atomic E-state index is 0.00739. The van der Waals surface area contributed by atoms with Crippen LogP contribution in [0.5, 0.6) is 5.75 Å². The molecule has 0 bridgehead atoms. The molecule has 1 aliphatic heterocycles. The van der Waals surface area contributed by atoms with E-state index in [1.165, 1.54) is 24.3 Å². The molecule has 0 spiro atoms. The standard InChI is InChI=1S/C21H21F3O2/c1-3-13-5-9-18(26-12-13)14-6-7-15(17(22)11-14)16-8-10-19(25-4-2)21(24)20(16)23/h3,6-8,10-11,13,18H,1,4-5,9,12H2,2H3. The van der Waals surface area contributed by atoms with Gasteiger partial charge in [0.25, 0.3) is 0 Å². The van der Waals surface area contributed by atoms with E-state index in [0.717, 1.165) is 12.8 Å². The summed E-state index contributed by atoms with van der Waals surface area (Å²) >= 11 is 0. The molecule has 5 heteroatoms. The summed E-state index contributed by atoms with van der Waals surface area (Å²) in [5.41, 5.74) is 0.569. The summed E-state index contributed by atoms with van der Waals surface area (Å²) in [6.45, 7) is 6.20. The molecule has 1 heterocycles. The summed E-state index contributed by atoms with van der Waals surface area (Å²) in [6.07, 6.45) is 3.36. The van der Waals surface area contributed by atoms with Gasteiger partial charge in [0.05, 0.1) is 19.3 Å². The molecule has 2 aromatic rings. The lowest BCUT2D eigenvalue weighted by Gasteiger charge is -2.27. The zero-order valence-electron chi connectivity index (χ0n) is 14.6. The van der Waals surface area contributed by atoms with Crippen molar-refractivity contribution in [2.45, 2.75) is 25.9 Å². The highest BCUT2D eigenvalue weighted by Crippen LogP contribution is 2.35. The molecule has 0 N–H and O–H groups in total. The molecule has 0 amide bonds. The second-order valence-corrected chi connectivity index (χ2v) is 6.31. The molecule has 0 aromatic heterocycles. The molecule has 0 radical (unpaired) electrons. The smallest absolute Gasteiger partial charge is 0.201 e. The first kappa shape index (κ1) is 18.5. The highest BCUT2D eigenvalue weighted by molar-refractivity contribution is 5.66. The molecule has 2 unspecified atom stereocenters. The van der Waals surface area contributed by atoms with Crippen molar-refractivity contribution >= 4 is 0 Å². The molecule has 1 fully saturated rings. The highest BCUT2D eigenvalue weighted by atomic mass is 19.2. The van der Waals surface area contributed by atoms with Crippen molar-refractivity contribution in [1.82, 2.24) is 0 Å². The van der Waals surface area contributed by atoms with Gasteiger partial charge < -0.3 is 9.47 Å². The fraction of sp³-hybridized carbons (Fsp3) is 0.333. The Bertz CT molecular complexity index is 796. The van der Waals surface area contributed by atoms with Gasteiger partial charge in [-0.3, -0.25) is 0 Å². The Morgan fingerprint density at radius 3 is 2.50 bits per heavy atom. The number of benzene rings is 2. The van der Waals surface area contributed by atoms with E-state index in [2.05, 4.69) is 6.58 Å². The monoisotopic (exact) mass is 362 g/mol. The largest absolute Gasteiger partial charge is 0.491 e. The van der Waals surface area contributed by atoms with Crippen LogP contribution in [0, 0.1) is 23.4 Å². The van der Waals surface area contributed by atoms with E-state index in [1.807, 2.05) is 6.08 Å². The molecular weight excluding hydrogens is 341 g/mol. The Hall–Kier alpha value is -2.27. The first-order valence-electron chi connectivity index (χ1n) is 8.69. The lowest BCUT2D eigenvalue weighted by molar-refractivity contribution is -0.00528. The van der Waals surface area contributed by atoms with E-state index in [4.69, 9.17) is 9.47 Å². The third kappa shape index (κ3) is 3.63. The zero-order valence-corrected chi connectivity index (χ0v) is 14.6. The molecule has 2 atom stereocenters. The molecule has 0 aliphatic carbocycles.